The Morgan fingerprint density at radius 3 is 2.77 bits per heavy atom. The fourth-order valence-corrected chi connectivity index (χ4v) is 1.52. The number of rotatable bonds is 6. The lowest BCUT2D eigenvalue weighted by Gasteiger charge is -2.20. The number of likely N-dealkylation sites (N-methyl/N-ethyl adjacent to an activating group) is 1. The summed E-state index contributed by atoms with van der Waals surface area (Å²) in [7, 11) is 0. The number of hydrogen-bond acceptors (Lipinski definition) is 2. The first-order valence-corrected chi connectivity index (χ1v) is 5.21. The molecule has 2 nitrogen and oxygen atoms in total. The Bertz CT molecular complexity index is 179. The Balaban J connectivity index is 2.06. The first-order chi connectivity index (χ1) is 6.27. The third-order valence-corrected chi connectivity index (χ3v) is 2.57. The van der Waals surface area contributed by atoms with Crippen molar-refractivity contribution >= 4 is 0 Å². The maximum absolute atomic E-state index is 5.27. The van der Waals surface area contributed by atoms with E-state index in [4.69, 9.17) is 6.42 Å². The van der Waals surface area contributed by atoms with Crippen LogP contribution in [0.2, 0.25) is 0 Å². The second kappa shape index (κ2) is 5.26. The summed E-state index contributed by atoms with van der Waals surface area (Å²) < 4.78 is 0. The Labute approximate surface area is 81.7 Å². The second-order valence-electron chi connectivity index (χ2n) is 3.70. The summed E-state index contributed by atoms with van der Waals surface area (Å²) in [5, 5.41) is 3.30. The van der Waals surface area contributed by atoms with E-state index in [1.165, 1.54) is 12.8 Å². The van der Waals surface area contributed by atoms with Crippen molar-refractivity contribution in [3.63, 3.8) is 0 Å². The summed E-state index contributed by atoms with van der Waals surface area (Å²) in [5.41, 5.74) is 0. The molecule has 1 atom stereocenters. The molecule has 1 unspecified atom stereocenters. The number of nitrogens with zero attached hydrogens (tertiary/aromatic N) is 1. The van der Waals surface area contributed by atoms with E-state index in [9.17, 15) is 0 Å². The first kappa shape index (κ1) is 10.6. The summed E-state index contributed by atoms with van der Waals surface area (Å²) in [6.07, 6.45) is 8.04. The molecule has 1 aliphatic rings. The lowest BCUT2D eigenvalue weighted by atomic mass is 10.3. The van der Waals surface area contributed by atoms with E-state index in [1.807, 2.05) is 6.92 Å². The van der Waals surface area contributed by atoms with Crippen LogP contribution < -0.4 is 5.32 Å². The minimum Gasteiger partial charge on any atom is -0.303 e. The van der Waals surface area contributed by atoms with E-state index in [0.717, 1.165) is 25.7 Å². The highest BCUT2D eigenvalue weighted by Crippen LogP contribution is 2.25. The van der Waals surface area contributed by atoms with Gasteiger partial charge < -0.3 is 5.32 Å². The van der Waals surface area contributed by atoms with Crippen LogP contribution in [0.3, 0.4) is 0 Å². The zero-order valence-electron chi connectivity index (χ0n) is 8.71. The van der Waals surface area contributed by atoms with Gasteiger partial charge in [0.05, 0.1) is 6.04 Å². The van der Waals surface area contributed by atoms with Gasteiger partial charge in [0.2, 0.25) is 0 Å². The van der Waals surface area contributed by atoms with Crippen molar-refractivity contribution in [1.29, 1.82) is 0 Å². The minimum atomic E-state index is 0.206. The van der Waals surface area contributed by atoms with E-state index in [0.29, 0.717) is 0 Å². The molecule has 0 heterocycles. The summed E-state index contributed by atoms with van der Waals surface area (Å²) >= 11 is 0. The lowest BCUT2D eigenvalue weighted by molar-refractivity contribution is 0.276. The van der Waals surface area contributed by atoms with Crippen molar-refractivity contribution < 1.29 is 0 Å². The molecule has 1 aliphatic carbocycles. The van der Waals surface area contributed by atoms with Gasteiger partial charge >= 0.3 is 0 Å². The molecule has 2 heteroatoms. The summed E-state index contributed by atoms with van der Waals surface area (Å²) in [6.45, 7) is 7.55. The zero-order chi connectivity index (χ0) is 9.68. The molecular formula is C11H20N2. The third kappa shape index (κ3) is 3.80. The summed E-state index contributed by atoms with van der Waals surface area (Å²) in [6, 6.07) is 1.07. The molecule has 0 radical (unpaired) electrons. The van der Waals surface area contributed by atoms with Crippen molar-refractivity contribution in [1.82, 2.24) is 10.2 Å². The van der Waals surface area contributed by atoms with Crippen LogP contribution in [0, 0.1) is 12.3 Å². The van der Waals surface area contributed by atoms with Gasteiger partial charge in [-0.05, 0) is 26.3 Å². The minimum absolute atomic E-state index is 0.206. The highest BCUT2D eigenvalue weighted by Gasteiger charge is 2.26. The van der Waals surface area contributed by atoms with Gasteiger partial charge in [-0.25, -0.2) is 0 Å². The maximum atomic E-state index is 5.27. The molecule has 0 saturated heterocycles. The quantitative estimate of drug-likeness (QED) is 0.615. The van der Waals surface area contributed by atoms with Gasteiger partial charge in [0.25, 0.3) is 0 Å². The predicted molar refractivity (Wildman–Crippen MR) is 56.6 cm³/mol. The van der Waals surface area contributed by atoms with E-state index in [-0.39, 0.29) is 6.04 Å². The molecule has 1 rings (SSSR count). The smallest absolute Gasteiger partial charge is 0.0658 e. The van der Waals surface area contributed by atoms with Crippen LogP contribution in [-0.4, -0.2) is 36.6 Å². The predicted octanol–water partition coefficient (Wildman–Crippen LogP) is 1.08. The lowest BCUT2D eigenvalue weighted by Crippen LogP contribution is -2.36. The van der Waals surface area contributed by atoms with Crippen molar-refractivity contribution in [2.75, 3.05) is 19.6 Å². The maximum Gasteiger partial charge on any atom is 0.0658 e. The summed E-state index contributed by atoms with van der Waals surface area (Å²) in [5.74, 6) is 2.67. The van der Waals surface area contributed by atoms with Gasteiger partial charge in [-0.15, -0.1) is 6.42 Å². The number of nitrogens with one attached hydrogen (secondary N) is 1. The van der Waals surface area contributed by atoms with Crippen LogP contribution in [0.25, 0.3) is 0 Å². The molecule has 0 bridgehead atoms. The number of hydrogen-bond donors (Lipinski definition) is 1. The second-order valence-corrected chi connectivity index (χ2v) is 3.70. The van der Waals surface area contributed by atoms with Gasteiger partial charge in [0.15, 0.2) is 0 Å². The highest BCUT2D eigenvalue weighted by atomic mass is 15.2. The van der Waals surface area contributed by atoms with Gasteiger partial charge in [0.1, 0.15) is 0 Å². The van der Waals surface area contributed by atoms with E-state index >= 15 is 0 Å². The Morgan fingerprint density at radius 2 is 2.31 bits per heavy atom. The zero-order valence-corrected chi connectivity index (χ0v) is 8.71. The molecular weight excluding hydrogens is 160 g/mol. The van der Waals surface area contributed by atoms with E-state index in [1.54, 1.807) is 0 Å². The SMILES string of the molecule is C#CC(C)NCCN(CC)C1CC1. The van der Waals surface area contributed by atoms with Gasteiger partial charge in [0, 0.05) is 19.1 Å². The fraction of sp³-hybridized carbons (Fsp3) is 0.818. The Hall–Kier alpha value is -0.520. The Morgan fingerprint density at radius 1 is 1.62 bits per heavy atom. The number of terminal acetylenes is 1. The van der Waals surface area contributed by atoms with E-state index < -0.39 is 0 Å². The standard InChI is InChI=1S/C11H20N2/c1-4-10(3)12-8-9-13(5-2)11-6-7-11/h1,10-12H,5-9H2,2-3H3. The van der Waals surface area contributed by atoms with Crippen molar-refractivity contribution in [3.8, 4) is 12.3 Å². The van der Waals surface area contributed by atoms with Crippen molar-refractivity contribution in [2.24, 2.45) is 0 Å². The largest absolute Gasteiger partial charge is 0.303 e. The molecule has 0 aromatic carbocycles. The van der Waals surface area contributed by atoms with Crippen LogP contribution in [-0.2, 0) is 0 Å². The molecule has 74 valence electrons. The molecule has 0 aliphatic heterocycles. The average Bonchev–Trinajstić information content (AvgIpc) is 2.95. The molecule has 13 heavy (non-hydrogen) atoms. The average molecular weight is 180 g/mol. The van der Waals surface area contributed by atoms with Gasteiger partial charge in [-0.2, -0.15) is 0 Å². The third-order valence-electron chi connectivity index (χ3n) is 2.57. The van der Waals surface area contributed by atoms with Crippen LogP contribution in [0.1, 0.15) is 26.7 Å². The monoisotopic (exact) mass is 180 g/mol. The molecule has 1 saturated carbocycles. The molecule has 0 aromatic heterocycles. The highest BCUT2D eigenvalue weighted by molar-refractivity contribution is 4.95. The van der Waals surface area contributed by atoms with Crippen LogP contribution in [0.4, 0.5) is 0 Å². The topological polar surface area (TPSA) is 15.3 Å². The van der Waals surface area contributed by atoms with Crippen LogP contribution in [0.15, 0.2) is 0 Å². The van der Waals surface area contributed by atoms with Gasteiger partial charge in [-0.3, -0.25) is 4.90 Å². The molecule has 0 aromatic rings. The van der Waals surface area contributed by atoms with Crippen LogP contribution in [0.5, 0.6) is 0 Å². The molecule has 0 amide bonds. The fourth-order valence-electron chi connectivity index (χ4n) is 1.52. The molecule has 1 N–H and O–H groups in total. The summed E-state index contributed by atoms with van der Waals surface area (Å²) in [4.78, 5) is 2.52. The Kier molecular flexibility index (Phi) is 4.27. The van der Waals surface area contributed by atoms with Gasteiger partial charge in [-0.1, -0.05) is 12.8 Å². The molecule has 0 spiro atoms. The van der Waals surface area contributed by atoms with E-state index in [2.05, 4.69) is 23.1 Å². The van der Waals surface area contributed by atoms with Crippen molar-refractivity contribution in [2.45, 2.75) is 38.8 Å². The van der Waals surface area contributed by atoms with Crippen molar-refractivity contribution in [3.05, 3.63) is 0 Å². The first-order valence-electron chi connectivity index (χ1n) is 5.21. The van der Waals surface area contributed by atoms with Crippen LogP contribution >= 0.6 is 0 Å². The molecule has 1 fully saturated rings. The normalized spacial score (nSPS) is 18.6.